The lowest BCUT2D eigenvalue weighted by molar-refractivity contribution is 0.156. The molecular formula is C9H8ClO2. The number of halogens is 1. The van der Waals surface area contributed by atoms with Gasteiger partial charge in [-0.05, 0) is 17.7 Å². The first-order valence-corrected chi connectivity index (χ1v) is 3.88. The molecule has 1 aromatic rings. The molecular weight excluding hydrogens is 176 g/mol. The molecule has 3 heteroatoms. The van der Waals surface area contributed by atoms with Crippen molar-refractivity contribution in [3.05, 3.63) is 34.9 Å². The van der Waals surface area contributed by atoms with E-state index >= 15 is 0 Å². The molecule has 12 heavy (non-hydrogen) atoms. The van der Waals surface area contributed by atoms with Crippen LogP contribution in [-0.4, -0.2) is 12.9 Å². The van der Waals surface area contributed by atoms with Crippen LogP contribution in [0.1, 0.15) is 5.56 Å². The number of carbonyl (C=O) groups excluding carboxylic acids is 1. The summed E-state index contributed by atoms with van der Waals surface area (Å²) >= 11 is 5.72. The minimum atomic E-state index is 0.00646. The van der Waals surface area contributed by atoms with Gasteiger partial charge in [-0.3, -0.25) is 4.79 Å². The lowest BCUT2D eigenvalue weighted by Gasteiger charge is -1.99. The molecule has 1 aromatic carbocycles. The van der Waals surface area contributed by atoms with Gasteiger partial charge in [0.15, 0.2) is 0 Å². The summed E-state index contributed by atoms with van der Waals surface area (Å²) in [7, 11) is 0. The van der Waals surface area contributed by atoms with Crippen LogP contribution in [-0.2, 0) is 16.1 Å². The predicted molar refractivity (Wildman–Crippen MR) is 46.8 cm³/mol. The van der Waals surface area contributed by atoms with Gasteiger partial charge in [0.25, 0.3) is 0 Å². The van der Waals surface area contributed by atoms with E-state index in [1.807, 2.05) is 12.1 Å². The molecule has 0 saturated carbocycles. The van der Waals surface area contributed by atoms with Crippen LogP contribution >= 0.6 is 11.6 Å². The Bertz CT molecular complexity index is 260. The van der Waals surface area contributed by atoms with Gasteiger partial charge in [0.2, 0.25) is 6.29 Å². The van der Waals surface area contributed by atoms with E-state index in [1.54, 1.807) is 18.4 Å². The molecule has 63 valence electrons. The third kappa shape index (κ3) is 3.03. The maximum Gasteiger partial charge on any atom is 0.226 e. The zero-order valence-electron chi connectivity index (χ0n) is 6.42. The van der Waals surface area contributed by atoms with Crippen LogP contribution in [0, 0.1) is 0 Å². The zero-order chi connectivity index (χ0) is 8.81. The molecule has 0 unspecified atom stereocenters. The highest BCUT2D eigenvalue weighted by Gasteiger charge is 1.93. The normalized spacial score (nSPS) is 9.75. The SMILES string of the molecule is O=[C]COCc1cccc(Cl)c1. The van der Waals surface area contributed by atoms with Crippen molar-refractivity contribution in [3.8, 4) is 0 Å². The third-order valence-electron chi connectivity index (χ3n) is 1.32. The van der Waals surface area contributed by atoms with Crippen LogP contribution in [0.3, 0.4) is 0 Å². The first-order chi connectivity index (χ1) is 5.83. The van der Waals surface area contributed by atoms with Gasteiger partial charge in [-0.1, -0.05) is 23.7 Å². The van der Waals surface area contributed by atoms with Gasteiger partial charge in [0.05, 0.1) is 6.61 Å². The van der Waals surface area contributed by atoms with Crippen LogP contribution in [0.2, 0.25) is 5.02 Å². The first-order valence-electron chi connectivity index (χ1n) is 3.50. The summed E-state index contributed by atoms with van der Waals surface area (Å²) < 4.78 is 4.94. The third-order valence-corrected chi connectivity index (χ3v) is 1.55. The van der Waals surface area contributed by atoms with Gasteiger partial charge in [0.1, 0.15) is 6.61 Å². The Labute approximate surface area is 76.1 Å². The van der Waals surface area contributed by atoms with Crippen LogP contribution in [0.25, 0.3) is 0 Å². The second-order valence-electron chi connectivity index (χ2n) is 2.27. The van der Waals surface area contributed by atoms with Crippen molar-refractivity contribution in [3.63, 3.8) is 0 Å². The van der Waals surface area contributed by atoms with Gasteiger partial charge in [0, 0.05) is 5.02 Å². The smallest absolute Gasteiger partial charge is 0.226 e. The summed E-state index contributed by atoms with van der Waals surface area (Å²) in [6.07, 6.45) is 1.65. The van der Waals surface area contributed by atoms with E-state index in [0.29, 0.717) is 11.6 Å². The molecule has 0 bridgehead atoms. The molecule has 0 atom stereocenters. The van der Waals surface area contributed by atoms with Crippen molar-refractivity contribution in [1.82, 2.24) is 0 Å². The van der Waals surface area contributed by atoms with E-state index in [0.717, 1.165) is 5.56 Å². The minimum absolute atomic E-state index is 0.00646. The fraction of sp³-hybridized carbons (Fsp3) is 0.222. The topological polar surface area (TPSA) is 26.3 Å². The van der Waals surface area contributed by atoms with Crippen molar-refractivity contribution < 1.29 is 9.53 Å². The fourth-order valence-corrected chi connectivity index (χ4v) is 1.05. The minimum Gasteiger partial charge on any atom is -0.368 e. The van der Waals surface area contributed by atoms with Crippen molar-refractivity contribution in [1.29, 1.82) is 0 Å². The van der Waals surface area contributed by atoms with Crippen LogP contribution in [0.5, 0.6) is 0 Å². The Hall–Kier alpha value is -0.860. The molecule has 2 nitrogen and oxygen atoms in total. The first kappa shape index (κ1) is 9.23. The number of benzene rings is 1. The molecule has 0 aliphatic rings. The largest absolute Gasteiger partial charge is 0.368 e. The standard InChI is InChI=1S/C9H8ClO2/c10-9-3-1-2-8(6-9)7-12-5-4-11/h1-3,6H,5,7H2. The van der Waals surface area contributed by atoms with Gasteiger partial charge >= 0.3 is 0 Å². The summed E-state index contributed by atoms with van der Waals surface area (Å²) in [5, 5.41) is 0.672. The van der Waals surface area contributed by atoms with Crippen molar-refractivity contribution in [2.24, 2.45) is 0 Å². The van der Waals surface area contributed by atoms with Gasteiger partial charge in [-0.2, -0.15) is 0 Å². The fourth-order valence-electron chi connectivity index (χ4n) is 0.837. The van der Waals surface area contributed by atoms with Crippen molar-refractivity contribution in [2.45, 2.75) is 6.61 Å². The monoisotopic (exact) mass is 183 g/mol. The molecule has 1 rings (SSSR count). The highest BCUT2D eigenvalue weighted by molar-refractivity contribution is 6.30. The predicted octanol–water partition coefficient (Wildman–Crippen LogP) is 1.97. The van der Waals surface area contributed by atoms with E-state index < -0.39 is 0 Å². The van der Waals surface area contributed by atoms with Crippen LogP contribution in [0.15, 0.2) is 24.3 Å². The number of ether oxygens (including phenoxy) is 1. The zero-order valence-corrected chi connectivity index (χ0v) is 7.17. The number of hydrogen-bond donors (Lipinski definition) is 0. The summed E-state index contributed by atoms with van der Waals surface area (Å²) in [5.41, 5.74) is 0.956. The maximum absolute atomic E-state index is 9.79. The molecule has 1 radical (unpaired) electrons. The molecule has 0 N–H and O–H groups in total. The van der Waals surface area contributed by atoms with Crippen LogP contribution in [0.4, 0.5) is 0 Å². The van der Waals surface area contributed by atoms with E-state index in [-0.39, 0.29) is 6.61 Å². The summed E-state index contributed by atoms with van der Waals surface area (Å²) in [4.78, 5) is 9.79. The second kappa shape index (κ2) is 4.91. The molecule has 0 saturated heterocycles. The molecule has 0 aliphatic carbocycles. The van der Waals surface area contributed by atoms with Gasteiger partial charge < -0.3 is 4.74 Å². The second-order valence-corrected chi connectivity index (χ2v) is 2.70. The lowest BCUT2D eigenvalue weighted by atomic mass is 10.2. The van der Waals surface area contributed by atoms with E-state index in [1.165, 1.54) is 0 Å². The highest BCUT2D eigenvalue weighted by Crippen LogP contribution is 2.10. The number of hydrogen-bond acceptors (Lipinski definition) is 2. The highest BCUT2D eigenvalue weighted by atomic mass is 35.5. The Kier molecular flexibility index (Phi) is 3.77. The molecule has 0 spiro atoms. The quantitative estimate of drug-likeness (QED) is 0.668. The molecule has 0 heterocycles. The van der Waals surface area contributed by atoms with E-state index in [9.17, 15) is 4.79 Å². The lowest BCUT2D eigenvalue weighted by Crippen LogP contribution is -1.95. The molecule has 0 aromatic heterocycles. The summed E-state index contributed by atoms with van der Waals surface area (Å²) in [5.74, 6) is 0. The average molecular weight is 184 g/mol. The molecule has 0 fully saturated rings. The molecule has 0 aliphatic heterocycles. The Morgan fingerprint density at radius 3 is 3.00 bits per heavy atom. The Morgan fingerprint density at radius 1 is 1.50 bits per heavy atom. The Balaban J connectivity index is 2.46. The summed E-state index contributed by atoms with van der Waals surface area (Å²) in [6.45, 7) is 0.405. The van der Waals surface area contributed by atoms with Gasteiger partial charge in [-0.15, -0.1) is 0 Å². The maximum atomic E-state index is 9.79. The summed E-state index contributed by atoms with van der Waals surface area (Å²) in [6, 6.07) is 7.31. The number of rotatable bonds is 4. The Morgan fingerprint density at radius 2 is 2.33 bits per heavy atom. The average Bonchev–Trinajstić information content (AvgIpc) is 2.05. The van der Waals surface area contributed by atoms with Crippen molar-refractivity contribution >= 4 is 17.9 Å². The van der Waals surface area contributed by atoms with E-state index in [4.69, 9.17) is 16.3 Å². The van der Waals surface area contributed by atoms with Gasteiger partial charge in [-0.25, -0.2) is 0 Å². The van der Waals surface area contributed by atoms with E-state index in [2.05, 4.69) is 0 Å². The van der Waals surface area contributed by atoms with Crippen LogP contribution < -0.4 is 0 Å². The molecule has 0 amide bonds. The van der Waals surface area contributed by atoms with Crippen molar-refractivity contribution in [2.75, 3.05) is 6.61 Å².